The van der Waals surface area contributed by atoms with Crippen LogP contribution in [0.2, 0.25) is 0 Å². The van der Waals surface area contributed by atoms with E-state index in [1.54, 1.807) is 19.1 Å². The predicted octanol–water partition coefficient (Wildman–Crippen LogP) is 7.62. The van der Waals surface area contributed by atoms with Crippen molar-refractivity contribution in [3.05, 3.63) is 101 Å². The van der Waals surface area contributed by atoms with E-state index in [1.165, 1.54) is 18.6 Å². The molecule has 0 N–H and O–H groups in total. The molecule has 3 rings (SSSR count). The van der Waals surface area contributed by atoms with Crippen LogP contribution in [0, 0.1) is 11.6 Å². The van der Waals surface area contributed by atoms with Crippen LogP contribution in [0.3, 0.4) is 0 Å². The number of ether oxygens (including phenoxy) is 1. The van der Waals surface area contributed by atoms with Gasteiger partial charge in [0.1, 0.15) is 0 Å². The van der Waals surface area contributed by atoms with E-state index < -0.39 is 11.6 Å². The molecular weight excluding hydrogens is 397 g/mol. The highest BCUT2D eigenvalue weighted by Crippen LogP contribution is 2.25. The fraction of sp³-hybridized carbons (Fsp3) is 0.259. The van der Waals surface area contributed by atoms with E-state index in [1.807, 2.05) is 24.3 Å². The standard InChI is InChI=1S/C27H27F3O/c1-3-31-25-18-17-24(26(29)27(25)30)16-11-21-9-14-23(15-10-21)22-12-7-20(8-13-22)6-4-5-19(2)28/h5,7-10,12-15,17-18H,3-4,6,11,16H2,1-2H3/b19-5-. The normalized spacial score (nSPS) is 11.6. The van der Waals surface area contributed by atoms with Crippen LogP contribution in [0.4, 0.5) is 13.2 Å². The predicted molar refractivity (Wildman–Crippen MR) is 120 cm³/mol. The van der Waals surface area contributed by atoms with Gasteiger partial charge in [-0.2, -0.15) is 4.39 Å². The Morgan fingerprint density at radius 1 is 0.774 bits per heavy atom. The van der Waals surface area contributed by atoms with Crippen LogP contribution < -0.4 is 4.74 Å². The van der Waals surface area contributed by atoms with Crippen LogP contribution >= 0.6 is 0 Å². The minimum absolute atomic E-state index is 0.0480. The molecule has 0 fully saturated rings. The Labute approximate surface area is 182 Å². The largest absolute Gasteiger partial charge is 0.491 e. The Morgan fingerprint density at radius 2 is 1.35 bits per heavy atom. The van der Waals surface area contributed by atoms with Gasteiger partial charge < -0.3 is 4.74 Å². The first-order valence-electron chi connectivity index (χ1n) is 10.6. The van der Waals surface area contributed by atoms with Crippen molar-refractivity contribution in [1.29, 1.82) is 0 Å². The maximum atomic E-state index is 14.2. The summed E-state index contributed by atoms with van der Waals surface area (Å²) in [5, 5.41) is 0. The highest BCUT2D eigenvalue weighted by Gasteiger charge is 2.14. The molecule has 4 heteroatoms. The van der Waals surface area contributed by atoms with Crippen molar-refractivity contribution in [2.24, 2.45) is 0 Å². The summed E-state index contributed by atoms with van der Waals surface area (Å²) < 4.78 is 46.1. The van der Waals surface area contributed by atoms with E-state index in [9.17, 15) is 13.2 Å². The Balaban J connectivity index is 1.60. The molecule has 162 valence electrons. The number of rotatable bonds is 9. The van der Waals surface area contributed by atoms with E-state index in [2.05, 4.69) is 24.3 Å². The molecular formula is C27H27F3O. The maximum absolute atomic E-state index is 14.2. The fourth-order valence-corrected chi connectivity index (χ4v) is 3.48. The van der Waals surface area contributed by atoms with Crippen molar-refractivity contribution in [1.82, 2.24) is 0 Å². The minimum Gasteiger partial charge on any atom is -0.491 e. The molecule has 0 aliphatic rings. The molecule has 0 atom stereocenters. The van der Waals surface area contributed by atoms with E-state index in [-0.39, 0.29) is 11.6 Å². The zero-order valence-electron chi connectivity index (χ0n) is 17.9. The van der Waals surface area contributed by atoms with Gasteiger partial charge in [0.05, 0.1) is 12.4 Å². The first kappa shape index (κ1) is 22.7. The molecule has 0 heterocycles. The van der Waals surface area contributed by atoms with Gasteiger partial charge in [-0.25, -0.2) is 8.78 Å². The number of halogens is 3. The van der Waals surface area contributed by atoms with Crippen LogP contribution in [-0.4, -0.2) is 6.61 Å². The molecule has 31 heavy (non-hydrogen) atoms. The molecule has 0 spiro atoms. The molecule has 0 radical (unpaired) electrons. The first-order chi connectivity index (χ1) is 15.0. The molecule has 0 bridgehead atoms. The molecule has 3 aromatic carbocycles. The summed E-state index contributed by atoms with van der Waals surface area (Å²) in [7, 11) is 0. The molecule has 0 aromatic heterocycles. The van der Waals surface area contributed by atoms with Crippen LogP contribution in [0.15, 0.2) is 72.6 Å². The second-order valence-electron chi connectivity index (χ2n) is 7.51. The Morgan fingerprint density at radius 3 is 1.90 bits per heavy atom. The molecule has 3 aromatic rings. The van der Waals surface area contributed by atoms with Crippen molar-refractivity contribution < 1.29 is 17.9 Å². The molecule has 0 saturated carbocycles. The van der Waals surface area contributed by atoms with Crippen LogP contribution in [0.25, 0.3) is 11.1 Å². The third-order valence-corrected chi connectivity index (χ3v) is 5.21. The zero-order chi connectivity index (χ0) is 22.2. The van der Waals surface area contributed by atoms with Gasteiger partial charge in [0, 0.05) is 0 Å². The smallest absolute Gasteiger partial charge is 0.200 e. The molecule has 0 aliphatic carbocycles. The Kier molecular flexibility index (Phi) is 7.94. The van der Waals surface area contributed by atoms with E-state index in [0.29, 0.717) is 31.4 Å². The summed E-state index contributed by atoms with van der Waals surface area (Å²) >= 11 is 0. The van der Waals surface area contributed by atoms with E-state index in [0.717, 1.165) is 23.1 Å². The molecule has 0 unspecified atom stereocenters. The topological polar surface area (TPSA) is 9.23 Å². The van der Waals surface area contributed by atoms with Gasteiger partial charge >= 0.3 is 0 Å². The lowest BCUT2D eigenvalue weighted by Gasteiger charge is -2.09. The summed E-state index contributed by atoms with van der Waals surface area (Å²) in [5.74, 6) is -1.95. The lowest BCUT2D eigenvalue weighted by atomic mass is 9.99. The van der Waals surface area contributed by atoms with Gasteiger partial charge in [0.25, 0.3) is 0 Å². The average molecular weight is 425 g/mol. The SMILES string of the molecule is CCOc1ccc(CCc2ccc(-c3ccc(CC/C=C(/C)F)cc3)cc2)c(F)c1F. The molecule has 0 aliphatic heterocycles. The van der Waals surface area contributed by atoms with Gasteiger partial charge in [-0.3, -0.25) is 0 Å². The number of hydrogen-bond donors (Lipinski definition) is 0. The summed E-state index contributed by atoms with van der Waals surface area (Å²) in [6.45, 7) is 3.48. The molecule has 1 nitrogen and oxygen atoms in total. The highest BCUT2D eigenvalue weighted by molar-refractivity contribution is 5.64. The second-order valence-corrected chi connectivity index (χ2v) is 7.51. The van der Waals surface area contributed by atoms with Crippen molar-refractivity contribution >= 4 is 0 Å². The van der Waals surface area contributed by atoms with Crippen molar-refractivity contribution in [2.75, 3.05) is 6.61 Å². The van der Waals surface area contributed by atoms with Gasteiger partial charge in [-0.15, -0.1) is 0 Å². The number of aryl methyl sites for hydroxylation is 3. The van der Waals surface area contributed by atoms with E-state index >= 15 is 0 Å². The quantitative estimate of drug-likeness (QED) is 0.343. The van der Waals surface area contributed by atoms with E-state index in [4.69, 9.17) is 4.74 Å². The zero-order valence-corrected chi connectivity index (χ0v) is 17.9. The Bertz CT molecular complexity index is 1020. The molecule has 0 saturated heterocycles. The number of hydrogen-bond acceptors (Lipinski definition) is 1. The second kappa shape index (κ2) is 10.9. The monoisotopic (exact) mass is 424 g/mol. The fourth-order valence-electron chi connectivity index (χ4n) is 3.48. The number of benzene rings is 3. The van der Waals surface area contributed by atoms with Crippen molar-refractivity contribution in [3.8, 4) is 16.9 Å². The lowest BCUT2D eigenvalue weighted by Crippen LogP contribution is -2.02. The van der Waals surface area contributed by atoms with Crippen LogP contribution in [0.1, 0.15) is 37.0 Å². The average Bonchev–Trinajstić information content (AvgIpc) is 2.77. The van der Waals surface area contributed by atoms with Gasteiger partial charge in [0.2, 0.25) is 5.82 Å². The highest BCUT2D eigenvalue weighted by atomic mass is 19.2. The van der Waals surface area contributed by atoms with Gasteiger partial charge in [-0.1, -0.05) is 60.7 Å². The number of allylic oxidation sites excluding steroid dienone is 2. The summed E-state index contributed by atoms with van der Waals surface area (Å²) in [6.07, 6.45) is 4.12. The van der Waals surface area contributed by atoms with Gasteiger partial charge in [0.15, 0.2) is 11.6 Å². The third kappa shape index (κ3) is 6.24. The van der Waals surface area contributed by atoms with Crippen LogP contribution in [-0.2, 0) is 19.3 Å². The summed E-state index contributed by atoms with van der Waals surface area (Å²) in [6, 6.07) is 19.4. The molecule has 0 amide bonds. The minimum atomic E-state index is -0.922. The summed E-state index contributed by atoms with van der Waals surface area (Å²) in [5.41, 5.74) is 4.77. The Hall–Kier alpha value is -3.01. The third-order valence-electron chi connectivity index (χ3n) is 5.21. The van der Waals surface area contributed by atoms with Gasteiger partial charge in [-0.05, 0) is 73.4 Å². The van der Waals surface area contributed by atoms with Crippen molar-refractivity contribution in [2.45, 2.75) is 39.5 Å². The lowest BCUT2D eigenvalue weighted by molar-refractivity contribution is 0.313. The van der Waals surface area contributed by atoms with Crippen molar-refractivity contribution in [3.63, 3.8) is 0 Å². The first-order valence-corrected chi connectivity index (χ1v) is 10.6. The summed E-state index contributed by atoms with van der Waals surface area (Å²) in [4.78, 5) is 0. The van der Waals surface area contributed by atoms with Crippen LogP contribution in [0.5, 0.6) is 5.75 Å². The maximum Gasteiger partial charge on any atom is 0.200 e.